The van der Waals surface area contributed by atoms with E-state index in [9.17, 15) is 4.79 Å². The highest BCUT2D eigenvalue weighted by Crippen LogP contribution is 2.32. The van der Waals surface area contributed by atoms with Crippen LogP contribution in [0.1, 0.15) is 50.7 Å². The van der Waals surface area contributed by atoms with Crippen LogP contribution in [-0.2, 0) is 4.79 Å². The van der Waals surface area contributed by atoms with Crippen LogP contribution in [0, 0.1) is 0 Å². The third-order valence-electron chi connectivity index (χ3n) is 4.37. The normalized spacial score (nSPS) is 11.5. The van der Waals surface area contributed by atoms with Gasteiger partial charge in [-0.2, -0.15) is 0 Å². The Balaban J connectivity index is 1.76. The first kappa shape index (κ1) is 18.5. The van der Waals surface area contributed by atoms with Crippen molar-refractivity contribution in [3.8, 4) is 0 Å². The lowest BCUT2D eigenvalue weighted by atomic mass is 9.92. The number of anilines is 1. The molecule has 5 heteroatoms. The molecule has 0 saturated carbocycles. The standard InChI is InChI=1S/C21H25N3OS/c1-14(2)17-9-7-10-18(15(3)4)20(17)23-19(25)13-26-21-22-12-16-8-5-6-11-24(16)21/h5-12,14-15H,13H2,1-4H3,(H,23,25). The fourth-order valence-corrected chi connectivity index (χ4v) is 3.79. The van der Waals surface area contributed by atoms with Crippen molar-refractivity contribution >= 4 is 28.9 Å². The highest BCUT2D eigenvalue weighted by atomic mass is 32.2. The highest BCUT2D eigenvalue weighted by molar-refractivity contribution is 7.99. The van der Waals surface area contributed by atoms with Crippen LogP contribution < -0.4 is 5.32 Å². The second-order valence-electron chi connectivity index (χ2n) is 6.99. The van der Waals surface area contributed by atoms with Crippen LogP contribution in [0.2, 0.25) is 0 Å². The lowest BCUT2D eigenvalue weighted by Gasteiger charge is -2.20. The second-order valence-corrected chi connectivity index (χ2v) is 7.94. The first-order chi connectivity index (χ1) is 12.5. The van der Waals surface area contributed by atoms with E-state index in [2.05, 4.69) is 56.2 Å². The zero-order valence-electron chi connectivity index (χ0n) is 15.7. The van der Waals surface area contributed by atoms with Gasteiger partial charge in [0.1, 0.15) is 0 Å². The van der Waals surface area contributed by atoms with Gasteiger partial charge in [-0.25, -0.2) is 4.98 Å². The Kier molecular flexibility index (Phi) is 5.67. The van der Waals surface area contributed by atoms with Crippen molar-refractivity contribution in [2.45, 2.75) is 44.7 Å². The van der Waals surface area contributed by atoms with Crippen molar-refractivity contribution in [3.05, 3.63) is 59.9 Å². The van der Waals surface area contributed by atoms with Crippen LogP contribution in [0.3, 0.4) is 0 Å². The molecule has 0 saturated heterocycles. The van der Waals surface area contributed by atoms with Gasteiger partial charge in [0.25, 0.3) is 0 Å². The van der Waals surface area contributed by atoms with Gasteiger partial charge >= 0.3 is 0 Å². The molecule has 3 aromatic rings. The van der Waals surface area contributed by atoms with Gasteiger partial charge in [0.05, 0.1) is 17.5 Å². The number of para-hydroxylation sites is 1. The van der Waals surface area contributed by atoms with Crippen LogP contribution >= 0.6 is 11.8 Å². The molecule has 0 atom stereocenters. The quantitative estimate of drug-likeness (QED) is 0.600. The van der Waals surface area contributed by atoms with Crippen molar-refractivity contribution in [2.24, 2.45) is 0 Å². The number of nitrogens with zero attached hydrogens (tertiary/aromatic N) is 2. The maximum absolute atomic E-state index is 12.6. The summed E-state index contributed by atoms with van der Waals surface area (Å²) in [5, 5.41) is 3.99. The van der Waals surface area contributed by atoms with E-state index < -0.39 is 0 Å². The summed E-state index contributed by atoms with van der Waals surface area (Å²) in [6.07, 6.45) is 3.79. The number of pyridine rings is 1. The minimum absolute atomic E-state index is 0.00215. The molecule has 2 aromatic heterocycles. The Morgan fingerprint density at radius 1 is 1.08 bits per heavy atom. The van der Waals surface area contributed by atoms with Gasteiger partial charge in [-0.3, -0.25) is 9.20 Å². The maximum Gasteiger partial charge on any atom is 0.234 e. The zero-order valence-corrected chi connectivity index (χ0v) is 16.5. The highest BCUT2D eigenvalue weighted by Gasteiger charge is 2.16. The summed E-state index contributed by atoms with van der Waals surface area (Å²) in [6.45, 7) is 8.61. The van der Waals surface area contributed by atoms with Gasteiger partial charge in [-0.1, -0.05) is 63.7 Å². The molecule has 0 unspecified atom stereocenters. The summed E-state index contributed by atoms with van der Waals surface area (Å²) < 4.78 is 2.00. The smallest absolute Gasteiger partial charge is 0.234 e. The van der Waals surface area contributed by atoms with E-state index >= 15 is 0 Å². The number of carbonyl (C=O) groups is 1. The molecule has 4 nitrogen and oxygen atoms in total. The molecule has 1 N–H and O–H groups in total. The first-order valence-electron chi connectivity index (χ1n) is 8.95. The molecule has 0 fully saturated rings. The van der Waals surface area contributed by atoms with Crippen molar-refractivity contribution in [3.63, 3.8) is 0 Å². The molecule has 0 spiro atoms. The van der Waals surface area contributed by atoms with Crippen LogP contribution in [-0.4, -0.2) is 21.0 Å². The minimum Gasteiger partial charge on any atom is -0.325 e. The number of thioether (sulfide) groups is 1. The topological polar surface area (TPSA) is 46.4 Å². The molecule has 0 aliphatic heterocycles. The monoisotopic (exact) mass is 367 g/mol. The molecule has 0 bridgehead atoms. The van der Waals surface area contributed by atoms with E-state index in [1.165, 1.54) is 22.9 Å². The largest absolute Gasteiger partial charge is 0.325 e. The molecule has 2 heterocycles. The number of amides is 1. The molecule has 136 valence electrons. The van der Waals surface area contributed by atoms with Crippen LogP contribution in [0.4, 0.5) is 5.69 Å². The SMILES string of the molecule is CC(C)c1cccc(C(C)C)c1NC(=O)CSc1ncc2ccccn12. The lowest BCUT2D eigenvalue weighted by Crippen LogP contribution is -2.17. The molecule has 0 aliphatic rings. The summed E-state index contributed by atoms with van der Waals surface area (Å²) in [5.74, 6) is 1.04. The average Bonchev–Trinajstić information content (AvgIpc) is 3.03. The number of benzene rings is 1. The van der Waals surface area contributed by atoms with Gasteiger partial charge < -0.3 is 5.32 Å². The predicted octanol–water partition coefficient (Wildman–Crippen LogP) is 5.31. The van der Waals surface area contributed by atoms with Crippen molar-refractivity contribution in [2.75, 3.05) is 11.1 Å². The lowest BCUT2D eigenvalue weighted by molar-refractivity contribution is -0.113. The van der Waals surface area contributed by atoms with Gasteiger partial charge in [0, 0.05) is 11.9 Å². The van der Waals surface area contributed by atoms with E-state index in [4.69, 9.17) is 0 Å². The van der Waals surface area contributed by atoms with Crippen LogP contribution in [0.25, 0.3) is 5.52 Å². The summed E-state index contributed by atoms with van der Waals surface area (Å²) in [4.78, 5) is 17.0. The number of hydrogen-bond donors (Lipinski definition) is 1. The van der Waals surface area contributed by atoms with E-state index in [0.717, 1.165) is 16.4 Å². The summed E-state index contributed by atoms with van der Waals surface area (Å²) in [7, 11) is 0. The number of rotatable bonds is 6. The van der Waals surface area contributed by atoms with Gasteiger partial charge in [0.15, 0.2) is 5.16 Å². The predicted molar refractivity (Wildman–Crippen MR) is 109 cm³/mol. The molecule has 26 heavy (non-hydrogen) atoms. The van der Waals surface area contributed by atoms with Gasteiger partial charge in [-0.05, 0) is 35.1 Å². The first-order valence-corrected chi connectivity index (χ1v) is 9.93. The minimum atomic E-state index is -0.00215. The van der Waals surface area contributed by atoms with E-state index in [-0.39, 0.29) is 5.91 Å². The molecular formula is C21H25N3OS. The maximum atomic E-state index is 12.6. The molecule has 1 amide bonds. The number of nitrogens with one attached hydrogen (secondary N) is 1. The van der Waals surface area contributed by atoms with E-state index in [1.807, 2.05) is 35.0 Å². The third kappa shape index (κ3) is 3.93. The Morgan fingerprint density at radius 2 is 1.77 bits per heavy atom. The Hall–Kier alpha value is -2.27. The average molecular weight is 368 g/mol. The van der Waals surface area contributed by atoms with Crippen LogP contribution in [0.5, 0.6) is 0 Å². The second kappa shape index (κ2) is 7.96. The summed E-state index contributed by atoms with van der Waals surface area (Å²) >= 11 is 1.45. The molecule has 1 aromatic carbocycles. The molecular weight excluding hydrogens is 342 g/mol. The van der Waals surface area contributed by atoms with Crippen molar-refractivity contribution in [1.82, 2.24) is 9.38 Å². The molecule has 0 aliphatic carbocycles. The number of aromatic nitrogens is 2. The zero-order chi connectivity index (χ0) is 18.7. The third-order valence-corrected chi connectivity index (χ3v) is 5.34. The van der Waals surface area contributed by atoms with Crippen molar-refractivity contribution < 1.29 is 4.79 Å². The fraction of sp³-hybridized carbons (Fsp3) is 0.333. The van der Waals surface area contributed by atoms with Crippen LogP contribution in [0.15, 0.2) is 53.9 Å². The van der Waals surface area contributed by atoms with E-state index in [0.29, 0.717) is 17.6 Å². The van der Waals surface area contributed by atoms with Gasteiger partial charge in [0.2, 0.25) is 5.91 Å². The summed E-state index contributed by atoms with van der Waals surface area (Å²) in [5.41, 5.74) is 4.36. The number of hydrogen-bond acceptors (Lipinski definition) is 3. The Bertz CT molecular complexity index is 888. The van der Waals surface area contributed by atoms with Crippen molar-refractivity contribution in [1.29, 1.82) is 0 Å². The van der Waals surface area contributed by atoms with E-state index in [1.54, 1.807) is 0 Å². The molecule has 3 rings (SSSR count). The Labute approximate surface area is 159 Å². The molecule has 0 radical (unpaired) electrons. The fourth-order valence-electron chi connectivity index (χ4n) is 3.03. The van der Waals surface area contributed by atoms with Gasteiger partial charge in [-0.15, -0.1) is 0 Å². The summed E-state index contributed by atoms with van der Waals surface area (Å²) in [6, 6.07) is 12.2. The number of fused-ring (bicyclic) bond motifs is 1. The Morgan fingerprint density at radius 3 is 2.42 bits per heavy atom. The number of imidazole rings is 1. The number of carbonyl (C=O) groups excluding carboxylic acids is 1.